The Kier molecular flexibility index (Phi) is 5.77. The minimum absolute atomic E-state index is 0.0162. The van der Waals surface area contributed by atoms with Crippen molar-refractivity contribution in [2.75, 3.05) is 5.32 Å². The van der Waals surface area contributed by atoms with Crippen LogP contribution in [-0.4, -0.2) is 16.8 Å². The largest absolute Gasteiger partial charge is 0.354 e. The summed E-state index contributed by atoms with van der Waals surface area (Å²) in [5, 5.41) is 7.02. The Bertz CT molecular complexity index is 1460. The van der Waals surface area contributed by atoms with Gasteiger partial charge in [-0.25, -0.2) is 0 Å². The molecule has 0 saturated heterocycles. The second-order valence-corrected chi connectivity index (χ2v) is 10.1. The number of carbonyl (C=O) groups excluding carboxylic acids is 2. The summed E-state index contributed by atoms with van der Waals surface area (Å²) in [5.41, 5.74) is 7.84. The van der Waals surface area contributed by atoms with E-state index in [-0.39, 0.29) is 17.2 Å². The first-order valence-corrected chi connectivity index (χ1v) is 11.9. The van der Waals surface area contributed by atoms with Gasteiger partial charge in [-0.3, -0.25) is 9.59 Å². The van der Waals surface area contributed by atoms with Gasteiger partial charge in [-0.15, -0.1) is 0 Å². The zero-order valence-corrected chi connectivity index (χ0v) is 20.2. The predicted molar refractivity (Wildman–Crippen MR) is 142 cm³/mol. The van der Waals surface area contributed by atoms with Crippen LogP contribution in [0.1, 0.15) is 43.0 Å². The summed E-state index contributed by atoms with van der Waals surface area (Å²) in [6.07, 6.45) is 3.65. The number of amides is 2. The second-order valence-electron chi connectivity index (χ2n) is 10.1. The van der Waals surface area contributed by atoms with Gasteiger partial charge in [0.15, 0.2) is 0 Å². The highest BCUT2D eigenvalue weighted by Gasteiger charge is 2.24. The summed E-state index contributed by atoms with van der Waals surface area (Å²) < 4.78 is 0. The molecular weight excluding hydrogens is 434 g/mol. The maximum Gasteiger partial charge on any atom is 0.244 e. The van der Waals surface area contributed by atoms with E-state index in [1.54, 1.807) is 12.2 Å². The lowest BCUT2D eigenvalue weighted by Crippen LogP contribution is -2.20. The second kappa shape index (κ2) is 8.91. The van der Waals surface area contributed by atoms with Crippen molar-refractivity contribution in [1.29, 1.82) is 0 Å². The molecule has 0 aliphatic carbocycles. The number of fused-ring (bicyclic) bond motifs is 5. The lowest BCUT2D eigenvalue weighted by atomic mass is 9.86. The zero-order valence-electron chi connectivity index (χ0n) is 20.2. The Morgan fingerprint density at radius 2 is 1.83 bits per heavy atom. The number of anilines is 1. The fourth-order valence-electron chi connectivity index (χ4n) is 4.48. The van der Waals surface area contributed by atoms with Gasteiger partial charge in [-0.2, -0.15) is 0 Å². The highest BCUT2D eigenvalue weighted by molar-refractivity contribution is 6.05. The van der Waals surface area contributed by atoms with Gasteiger partial charge in [0.1, 0.15) is 0 Å². The van der Waals surface area contributed by atoms with Crippen molar-refractivity contribution in [3.05, 3.63) is 95.1 Å². The molecule has 35 heavy (non-hydrogen) atoms. The number of aromatic nitrogens is 1. The van der Waals surface area contributed by atoms with Crippen LogP contribution in [0.2, 0.25) is 0 Å². The Morgan fingerprint density at radius 1 is 1.03 bits per heavy atom. The van der Waals surface area contributed by atoms with Crippen LogP contribution >= 0.6 is 0 Å². The number of H-pyrrole nitrogens is 1. The molecular formula is C30H29N3O2. The summed E-state index contributed by atoms with van der Waals surface area (Å²) in [6.45, 7) is 7.05. The molecule has 3 N–H and O–H groups in total. The van der Waals surface area contributed by atoms with Crippen LogP contribution < -0.4 is 10.6 Å². The number of benzene rings is 3. The summed E-state index contributed by atoms with van der Waals surface area (Å²) in [5.74, 6) is -0.186. The molecule has 0 fully saturated rings. The number of nitrogens with one attached hydrogen (secondary N) is 3. The first kappa shape index (κ1) is 22.7. The molecule has 0 atom stereocenters. The smallest absolute Gasteiger partial charge is 0.244 e. The third-order valence-corrected chi connectivity index (χ3v) is 6.43. The molecule has 0 spiro atoms. The summed E-state index contributed by atoms with van der Waals surface area (Å²) in [6, 6.07) is 22.1. The molecule has 0 radical (unpaired) electrons. The van der Waals surface area contributed by atoms with E-state index in [4.69, 9.17) is 0 Å². The Balaban J connectivity index is 1.46. The molecule has 3 aromatic carbocycles. The van der Waals surface area contributed by atoms with E-state index in [9.17, 15) is 9.59 Å². The average Bonchev–Trinajstić information content (AvgIpc) is 3.12. The van der Waals surface area contributed by atoms with Crippen molar-refractivity contribution in [1.82, 2.24) is 10.3 Å². The van der Waals surface area contributed by atoms with E-state index < -0.39 is 0 Å². The molecule has 0 saturated carbocycles. The molecule has 2 heterocycles. The SMILES string of the molecule is CC(C)(C)c1ccc2[nH]c3c(c2c1)CC(=O)Nc1ccc(/C=C/C(=O)NCc2ccccc2)cc1-3. The van der Waals surface area contributed by atoms with Crippen LogP contribution in [0.5, 0.6) is 0 Å². The number of carbonyl (C=O) groups is 2. The summed E-state index contributed by atoms with van der Waals surface area (Å²) in [4.78, 5) is 28.6. The first-order valence-electron chi connectivity index (χ1n) is 11.9. The third kappa shape index (κ3) is 4.76. The monoisotopic (exact) mass is 463 g/mol. The molecule has 0 unspecified atom stereocenters. The zero-order chi connectivity index (χ0) is 24.6. The lowest BCUT2D eigenvalue weighted by Gasteiger charge is -2.19. The van der Waals surface area contributed by atoms with Crippen LogP contribution in [0.4, 0.5) is 5.69 Å². The molecule has 5 nitrogen and oxygen atoms in total. The van der Waals surface area contributed by atoms with Gasteiger partial charge in [0.2, 0.25) is 11.8 Å². The van der Waals surface area contributed by atoms with Crippen molar-refractivity contribution >= 4 is 34.5 Å². The lowest BCUT2D eigenvalue weighted by molar-refractivity contribution is -0.117. The molecule has 5 heteroatoms. The Labute approximate surface area is 205 Å². The topological polar surface area (TPSA) is 74.0 Å². The fourth-order valence-corrected chi connectivity index (χ4v) is 4.48. The van der Waals surface area contributed by atoms with Crippen molar-refractivity contribution in [2.24, 2.45) is 0 Å². The van der Waals surface area contributed by atoms with Gasteiger partial charge < -0.3 is 15.6 Å². The minimum Gasteiger partial charge on any atom is -0.354 e. The molecule has 176 valence electrons. The van der Waals surface area contributed by atoms with Gasteiger partial charge in [-0.05, 0) is 58.0 Å². The Morgan fingerprint density at radius 3 is 2.60 bits per heavy atom. The standard InChI is InChI=1S/C30H29N3O2/c1-30(2,3)21-11-13-25-22(16-21)23-17-28(35)32-26-12-9-19(15-24(26)29(23)33-25)10-14-27(34)31-18-20-7-5-4-6-8-20/h4-16,33H,17-18H2,1-3H3,(H,31,34)(H,32,35)/b14-10+. The number of rotatable bonds is 4. The predicted octanol–water partition coefficient (Wildman–Crippen LogP) is 5.96. The van der Waals surface area contributed by atoms with E-state index >= 15 is 0 Å². The average molecular weight is 464 g/mol. The van der Waals surface area contributed by atoms with Crippen LogP contribution in [0.3, 0.4) is 0 Å². The number of hydrogen-bond acceptors (Lipinski definition) is 2. The van der Waals surface area contributed by atoms with E-state index in [1.807, 2.05) is 48.5 Å². The molecule has 1 aliphatic heterocycles. The molecule has 0 bridgehead atoms. The van der Waals surface area contributed by atoms with Crippen LogP contribution in [0.15, 0.2) is 72.8 Å². The van der Waals surface area contributed by atoms with Gasteiger partial charge in [0.25, 0.3) is 0 Å². The molecule has 2 amide bonds. The van der Waals surface area contributed by atoms with Crippen LogP contribution in [0.25, 0.3) is 28.2 Å². The highest BCUT2D eigenvalue weighted by atomic mass is 16.2. The molecule has 1 aliphatic rings. The molecule has 1 aromatic heterocycles. The highest BCUT2D eigenvalue weighted by Crippen LogP contribution is 2.39. The van der Waals surface area contributed by atoms with E-state index in [0.29, 0.717) is 13.0 Å². The summed E-state index contributed by atoms with van der Waals surface area (Å²) >= 11 is 0. The van der Waals surface area contributed by atoms with Crippen LogP contribution in [0, 0.1) is 0 Å². The first-order chi connectivity index (χ1) is 16.8. The van der Waals surface area contributed by atoms with Crippen molar-refractivity contribution in [2.45, 2.75) is 39.2 Å². The van der Waals surface area contributed by atoms with Gasteiger partial charge in [0, 0.05) is 29.1 Å². The van der Waals surface area contributed by atoms with Crippen molar-refractivity contribution in [3.8, 4) is 11.3 Å². The maximum absolute atomic E-state index is 12.7. The Hall–Kier alpha value is -4.12. The van der Waals surface area contributed by atoms with Gasteiger partial charge in [0.05, 0.1) is 17.8 Å². The number of aromatic amines is 1. The van der Waals surface area contributed by atoms with E-state index in [1.165, 1.54) is 5.56 Å². The summed E-state index contributed by atoms with van der Waals surface area (Å²) in [7, 11) is 0. The van der Waals surface area contributed by atoms with Crippen molar-refractivity contribution < 1.29 is 9.59 Å². The maximum atomic E-state index is 12.7. The van der Waals surface area contributed by atoms with Gasteiger partial charge in [-0.1, -0.05) is 63.2 Å². The van der Waals surface area contributed by atoms with Crippen molar-refractivity contribution in [3.63, 3.8) is 0 Å². The van der Waals surface area contributed by atoms with E-state index in [2.05, 4.69) is 54.6 Å². The normalized spacial score (nSPS) is 13.3. The minimum atomic E-state index is -0.155. The van der Waals surface area contributed by atoms with Gasteiger partial charge >= 0.3 is 0 Å². The fraction of sp³-hybridized carbons (Fsp3) is 0.200. The quantitative estimate of drug-likeness (QED) is 0.327. The van der Waals surface area contributed by atoms with E-state index in [0.717, 1.165) is 44.5 Å². The molecule has 4 aromatic rings. The number of hydrogen-bond donors (Lipinski definition) is 3. The third-order valence-electron chi connectivity index (χ3n) is 6.43. The van der Waals surface area contributed by atoms with Crippen LogP contribution in [-0.2, 0) is 28.0 Å². The molecule has 5 rings (SSSR count).